The molecule has 0 spiro atoms. The fourth-order valence-electron chi connectivity index (χ4n) is 5.49. The van der Waals surface area contributed by atoms with E-state index in [9.17, 15) is 4.39 Å². The van der Waals surface area contributed by atoms with Crippen LogP contribution in [0.25, 0.3) is 55.7 Å². The largest absolute Gasteiger partial charge is 0.492 e. The van der Waals surface area contributed by atoms with Gasteiger partial charge in [-0.1, -0.05) is 30.3 Å². The fraction of sp³-hybridized carbons (Fsp3) is 0.167. The lowest BCUT2D eigenvalue weighted by Gasteiger charge is -2.12. The van der Waals surface area contributed by atoms with Crippen molar-refractivity contribution >= 4 is 21.8 Å². The molecule has 2 aromatic carbocycles. The number of likely N-dealkylation sites (N-methyl/N-ethyl adjacent to an activating group) is 1. The first-order valence-corrected chi connectivity index (χ1v) is 15.1. The molecular weight excluding hydrogens is 579 g/mol. The lowest BCUT2D eigenvalue weighted by molar-refractivity contribution is 0.260. The van der Waals surface area contributed by atoms with Crippen molar-refractivity contribution in [1.82, 2.24) is 40.3 Å². The van der Waals surface area contributed by atoms with Gasteiger partial charge in [-0.25, -0.2) is 4.39 Å². The lowest BCUT2D eigenvalue weighted by Crippen LogP contribution is -2.19. The van der Waals surface area contributed by atoms with Crippen molar-refractivity contribution in [3.05, 3.63) is 115 Å². The first-order valence-electron chi connectivity index (χ1n) is 15.1. The van der Waals surface area contributed by atoms with Crippen molar-refractivity contribution < 1.29 is 9.13 Å². The van der Waals surface area contributed by atoms with Crippen LogP contribution in [-0.4, -0.2) is 62.3 Å². The summed E-state index contributed by atoms with van der Waals surface area (Å²) < 4.78 is 20.5. The van der Waals surface area contributed by atoms with Crippen LogP contribution in [-0.2, 0) is 13.1 Å². The predicted octanol–water partition coefficient (Wildman–Crippen LogP) is 6.60. The molecule has 230 valence electrons. The minimum atomic E-state index is -0.379. The Morgan fingerprint density at radius 3 is 2.52 bits per heavy atom. The van der Waals surface area contributed by atoms with Gasteiger partial charge in [-0.15, -0.1) is 0 Å². The van der Waals surface area contributed by atoms with Gasteiger partial charge in [-0.3, -0.25) is 20.1 Å². The number of nitrogens with one attached hydrogen (secondary N) is 3. The van der Waals surface area contributed by atoms with E-state index < -0.39 is 0 Å². The number of ether oxygens (including phenoxy) is 1. The Morgan fingerprint density at radius 1 is 0.804 bits per heavy atom. The van der Waals surface area contributed by atoms with Gasteiger partial charge in [0, 0.05) is 71.7 Å². The molecule has 0 radical (unpaired) electrons. The zero-order chi connectivity index (χ0) is 31.5. The summed E-state index contributed by atoms with van der Waals surface area (Å²) in [5.41, 5.74) is 8.56. The van der Waals surface area contributed by atoms with Crippen LogP contribution in [0.15, 0.2) is 97.6 Å². The number of pyridine rings is 3. The molecule has 0 amide bonds. The van der Waals surface area contributed by atoms with Crippen LogP contribution in [0.1, 0.15) is 11.1 Å². The maximum atomic E-state index is 14.7. The second-order valence-corrected chi connectivity index (χ2v) is 11.5. The summed E-state index contributed by atoms with van der Waals surface area (Å²) in [6.07, 6.45) is 7.21. The Morgan fingerprint density at radius 2 is 1.65 bits per heavy atom. The van der Waals surface area contributed by atoms with Crippen LogP contribution in [0.3, 0.4) is 0 Å². The second-order valence-electron chi connectivity index (χ2n) is 11.5. The molecule has 0 saturated heterocycles. The molecule has 5 aromatic heterocycles. The van der Waals surface area contributed by atoms with E-state index in [1.165, 1.54) is 17.7 Å². The molecule has 0 fully saturated rings. The molecule has 3 N–H and O–H groups in total. The van der Waals surface area contributed by atoms with Gasteiger partial charge in [0.1, 0.15) is 23.9 Å². The molecule has 9 nitrogen and oxygen atoms in total. The number of aromatic nitrogens is 6. The third-order valence-corrected chi connectivity index (χ3v) is 7.79. The van der Waals surface area contributed by atoms with E-state index >= 15 is 0 Å². The third kappa shape index (κ3) is 6.35. The number of rotatable bonds is 11. The molecule has 0 bridgehead atoms. The highest BCUT2D eigenvalue weighted by molar-refractivity contribution is 6.00. The normalized spacial score (nSPS) is 11.6. The summed E-state index contributed by atoms with van der Waals surface area (Å²) in [6.45, 7) is 2.65. The number of fused-ring (bicyclic) bond motifs is 2. The van der Waals surface area contributed by atoms with E-state index in [0.29, 0.717) is 30.2 Å². The van der Waals surface area contributed by atoms with E-state index in [2.05, 4.69) is 48.7 Å². The lowest BCUT2D eigenvalue weighted by atomic mass is 10.1. The second kappa shape index (κ2) is 12.9. The number of nitrogens with zero attached hydrogens (tertiary/aromatic N) is 5. The monoisotopic (exact) mass is 612 g/mol. The van der Waals surface area contributed by atoms with Crippen LogP contribution in [0, 0.1) is 5.82 Å². The van der Waals surface area contributed by atoms with Gasteiger partial charge in [0.2, 0.25) is 0 Å². The SMILES string of the molecule is CN(C)CCOc1cc(F)cc(-c2nccc3[nH]c(-c4n[nH]c5cnc(-c6cncc(CNCc7ccccc7)c6)cc45)cc23)c1. The van der Waals surface area contributed by atoms with Crippen LogP contribution in [0.4, 0.5) is 4.39 Å². The minimum Gasteiger partial charge on any atom is -0.492 e. The summed E-state index contributed by atoms with van der Waals surface area (Å²) in [7, 11) is 3.94. The molecule has 0 atom stereocenters. The van der Waals surface area contributed by atoms with E-state index in [1.54, 1.807) is 12.4 Å². The Hall–Kier alpha value is -5.45. The summed E-state index contributed by atoms with van der Waals surface area (Å²) in [6, 6.07) is 23.1. The number of aromatic amines is 2. The molecule has 7 aromatic rings. The summed E-state index contributed by atoms with van der Waals surface area (Å²) in [5, 5.41) is 13.0. The molecule has 0 unspecified atom stereocenters. The van der Waals surface area contributed by atoms with Crippen molar-refractivity contribution in [3.8, 4) is 39.7 Å². The van der Waals surface area contributed by atoms with Crippen molar-refractivity contribution in [1.29, 1.82) is 0 Å². The fourth-order valence-corrected chi connectivity index (χ4v) is 5.49. The van der Waals surface area contributed by atoms with Crippen LogP contribution >= 0.6 is 0 Å². The van der Waals surface area contributed by atoms with Crippen LogP contribution in [0.5, 0.6) is 5.75 Å². The van der Waals surface area contributed by atoms with E-state index in [1.807, 2.05) is 73.9 Å². The third-order valence-electron chi connectivity index (χ3n) is 7.79. The zero-order valence-electron chi connectivity index (χ0n) is 25.6. The number of halogens is 1. The smallest absolute Gasteiger partial charge is 0.127 e. The van der Waals surface area contributed by atoms with Crippen LogP contribution in [0.2, 0.25) is 0 Å². The molecular formula is C36H33FN8O. The maximum Gasteiger partial charge on any atom is 0.127 e. The molecule has 0 aliphatic heterocycles. The van der Waals surface area contributed by atoms with Gasteiger partial charge in [0.25, 0.3) is 0 Å². The number of hydrogen-bond acceptors (Lipinski definition) is 7. The van der Waals surface area contributed by atoms with Crippen molar-refractivity contribution in [3.63, 3.8) is 0 Å². The average Bonchev–Trinajstić information content (AvgIpc) is 3.69. The van der Waals surface area contributed by atoms with Gasteiger partial charge in [0.15, 0.2) is 0 Å². The number of hydrogen-bond donors (Lipinski definition) is 3. The molecule has 46 heavy (non-hydrogen) atoms. The van der Waals surface area contributed by atoms with Gasteiger partial charge < -0.3 is 19.9 Å². The predicted molar refractivity (Wildman–Crippen MR) is 179 cm³/mol. The number of benzene rings is 2. The molecule has 0 aliphatic carbocycles. The Balaban J connectivity index is 1.17. The molecule has 5 heterocycles. The number of H-pyrrole nitrogens is 2. The van der Waals surface area contributed by atoms with Gasteiger partial charge in [-0.2, -0.15) is 5.10 Å². The van der Waals surface area contributed by atoms with Crippen LogP contribution < -0.4 is 10.1 Å². The highest BCUT2D eigenvalue weighted by Crippen LogP contribution is 2.35. The molecule has 10 heteroatoms. The molecule has 0 aliphatic rings. The summed E-state index contributed by atoms with van der Waals surface area (Å²) in [5.74, 6) is 0.0889. The average molecular weight is 613 g/mol. The first-order chi connectivity index (χ1) is 22.5. The van der Waals surface area contributed by atoms with Gasteiger partial charge in [-0.05, 0) is 61.6 Å². The molecule has 0 saturated carbocycles. The van der Waals surface area contributed by atoms with Gasteiger partial charge in [0.05, 0.1) is 28.8 Å². The van der Waals surface area contributed by atoms with E-state index in [-0.39, 0.29) is 5.82 Å². The van der Waals surface area contributed by atoms with Crippen molar-refractivity contribution in [2.24, 2.45) is 0 Å². The topological polar surface area (TPSA) is 108 Å². The van der Waals surface area contributed by atoms with Crippen molar-refractivity contribution in [2.75, 3.05) is 27.2 Å². The Kier molecular flexibility index (Phi) is 8.20. The van der Waals surface area contributed by atoms with Gasteiger partial charge >= 0.3 is 0 Å². The maximum absolute atomic E-state index is 14.7. The Bertz CT molecular complexity index is 2120. The minimum absolute atomic E-state index is 0.379. The van der Waals surface area contributed by atoms with E-state index in [0.717, 1.165) is 63.1 Å². The summed E-state index contributed by atoms with van der Waals surface area (Å²) in [4.78, 5) is 19.3. The van der Waals surface area contributed by atoms with Crippen molar-refractivity contribution in [2.45, 2.75) is 13.1 Å². The quantitative estimate of drug-likeness (QED) is 0.151. The Labute approximate surface area is 265 Å². The summed E-state index contributed by atoms with van der Waals surface area (Å²) >= 11 is 0. The molecule has 7 rings (SSSR count). The standard InChI is InChI=1S/C36H33FN8O/c1-45(2)10-11-46-28-14-25(13-27(37)15-28)35-29-17-33(42-31(29)8-9-40-35)36-30-16-32(41-22-34(30)43-44-36)26-12-24(20-39-21-26)19-38-18-23-6-4-3-5-7-23/h3-9,12-17,20-22,38,42H,10-11,18-19H2,1-2H3,(H,43,44). The zero-order valence-corrected chi connectivity index (χ0v) is 25.6. The van der Waals surface area contributed by atoms with E-state index in [4.69, 9.17) is 9.72 Å². The highest BCUT2D eigenvalue weighted by atomic mass is 19.1. The first kappa shape index (κ1) is 29.3. The highest BCUT2D eigenvalue weighted by Gasteiger charge is 2.17.